The van der Waals surface area contributed by atoms with E-state index in [-0.39, 0.29) is 18.1 Å². The summed E-state index contributed by atoms with van der Waals surface area (Å²) in [5.74, 6) is 0.170. The predicted octanol–water partition coefficient (Wildman–Crippen LogP) is 1.66. The topological polar surface area (TPSA) is 66.6 Å². The van der Waals surface area contributed by atoms with Crippen LogP contribution in [-0.4, -0.2) is 41.7 Å². The number of aliphatic hydroxyl groups is 1. The number of carbonyl (C=O) groups excluding carboxylic acids is 1. The Labute approximate surface area is 111 Å². The molecule has 1 rings (SSSR count). The van der Waals surface area contributed by atoms with Gasteiger partial charge in [0.15, 0.2) is 0 Å². The number of nitrogens with two attached hydrogens (primary N) is 1. The Morgan fingerprint density at radius 3 is 2.50 bits per heavy atom. The van der Waals surface area contributed by atoms with E-state index < -0.39 is 0 Å². The van der Waals surface area contributed by atoms with Crippen molar-refractivity contribution in [1.82, 2.24) is 4.90 Å². The monoisotopic (exact) mass is 256 g/mol. The highest BCUT2D eigenvalue weighted by Crippen LogP contribution is 2.29. The van der Waals surface area contributed by atoms with E-state index in [2.05, 4.69) is 0 Å². The third kappa shape index (κ3) is 5.36. The van der Waals surface area contributed by atoms with Crippen LogP contribution in [0, 0.1) is 0 Å². The van der Waals surface area contributed by atoms with Gasteiger partial charge in [-0.15, -0.1) is 0 Å². The van der Waals surface area contributed by atoms with Gasteiger partial charge in [-0.2, -0.15) is 0 Å². The highest BCUT2D eigenvalue weighted by Gasteiger charge is 2.30. The van der Waals surface area contributed by atoms with Crippen molar-refractivity contribution in [3.05, 3.63) is 0 Å². The van der Waals surface area contributed by atoms with E-state index in [1.165, 1.54) is 6.42 Å². The number of carbonyl (C=O) groups is 1. The molecule has 1 fully saturated rings. The van der Waals surface area contributed by atoms with E-state index in [0.29, 0.717) is 6.42 Å². The van der Waals surface area contributed by atoms with E-state index in [0.717, 1.165) is 51.5 Å². The van der Waals surface area contributed by atoms with E-state index in [1.807, 2.05) is 7.05 Å². The van der Waals surface area contributed by atoms with Gasteiger partial charge in [0.1, 0.15) is 0 Å². The summed E-state index contributed by atoms with van der Waals surface area (Å²) in [7, 11) is 1.85. The van der Waals surface area contributed by atoms with Gasteiger partial charge in [0.2, 0.25) is 5.91 Å². The molecule has 18 heavy (non-hydrogen) atoms. The summed E-state index contributed by atoms with van der Waals surface area (Å²) in [6, 6.07) is 0. The summed E-state index contributed by atoms with van der Waals surface area (Å²) in [5, 5.41) is 8.69. The molecule has 4 heteroatoms. The van der Waals surface area contributed by atoms with Crippen LogP contribution in [0.5, 0.6) is 0 Å². The Morgan fingerprint density at radius 2 is 1.89 bits per heavy atom. The third-order valence-corrected chi connectivity index (χ3v) is 3.93. The van der Waals surface area contributed by atoms with E-state index in [1.54, 1.807) is 4.90 Å². The Bertz CT molecular complexity index is 250. The van der Waals surface area contributed by atoms with Crippen molar-refractivity contribution >= 4 is 5.91 Å². The van der Waals surface area contributed by atoms with E-state index in [9.17, 15) is 4.79 Å². The summed E-state index contributed by atoms with van der Waals surface area (Å²) < 4.78 is 0. The number of hydrogen-bond donors (Lipinski definition) is 2. The van der Waals surface area contributed by atoms with Gasteiger partial charge < -0.3 is 15.7 Å². The van der Waals surface area contributed by atoms with Crippen LogP contribution in [0.25, 0.3) is 0 Å². The molecule has 0 spiro atoms. The number of rotatable bonds is 7. The molecule has 0 aliphatic heterocycles. The Kier molecular flexibility index (Phi) is 6.65. The van der Waals surface area contributed by atoms with Gasteiger partial charge in [0, 0.05) is 32.2 Å². The first kappa shape index (κ1) is 15.4. The molecule has 0 unspecified atom stereocenters. The first-order chi connectivity index (χ1) is 8.57. The zero-order chi connectivity index (χ0) is 13.4. The first-order valence-electron chi connectivity index (χ1n) is 7.21. The van der Waals surface area contributed by atoms with Crippen molar-refractivity contribution in [1.29, 1.82) is 0 Å². The maximum atomic E-state index is 12.1. The maximum Gasteiger partial charge on any atom is 0.224 e. The van der Waals surface area contributed by atoms with Crippen LogP contribution in [0.15, 0.2) is 0 Å². The molecule has 0 aromatic rings. The number of hydrogen-bond acceptors (Lipinski definition) is 3. The summed E-state index contributed by atoms with van der Waals surface area (Å²) in [5.41, 5.74) is 6.04. The molecule has 3 N–H and O–H groups in total. The molecule has 1 aliphatic carbocycles. The Balaban J connectivity index is 2.25. The van der Waals surface area contributed by atoms with Crippen molar-refractivity contribution in [2.24, 2.45) is 5.73 Å². The number of amides is 1. The number of unbranched alkanes of at least 4 members (excludes halogenated alkanes) is 2. The average molecular weight is 256 g/mol. The molecule has 0 saturated heterocycles. The lowest BCUT2D eigenvalue weighted by Crippen LogP contribution is -2.46. The van der Waals surface area contributed by atoms with Gasteiger partial charge >= 0.3 is 0 Å². The molecular weight excluding hydrogens is 228 g/mol. The number of aliphatic hydroxyl groups excluding tert-OH is 1. The van der Waals surface area contributed by atoms with Crippen LogP contribution < -0.4 is 5.73 Å². The molecule has 4 nitrogen and oxygen atoms in total. The van der Waals surface area contributed by atoms with Gasteiger partial charge in [0.25, 0.3) is 0 Å². The SMILES string of the molecule is CN(CCCCCO)C(=O)CC1(N)CCCCC1. The van der Waals surface area contributed by atoms with Gasteiger partial charge in [0.05, 0.1) is 0 Å². The largest absolute Gasteiger partial charge is 0.396 e. The fourth-order valence-corrected chi connectivity index (χ4v) is 2.63. The fourth-order valence-electron chi connectivity index (χ4n) is 2.63. The molecule has 0 atom stereocenters. The summed E-state index contributed by atoms with van der Waals surface area (Å²) in [6.45, 7) is 1.01. The molecule has 0 bridgehead atoms. The molecule has 0 aromatic heterocycles. The number of nitrogens with zero attached hydrogens (tertiary/aromatic N) is 1. The summed E-state index contributed by atoms with van der Waals surface area (Å²) in [4.78, 5) is 13.9. The van der Waals surface area contributed by atoms with Gasteiger partial charge in [-0.05, 0) is 32.1 Å². The van der Waals surface area contributed by atoms with Gasteiger partial charge in [-0.25, -0.2) is 0 Å². The van der Waals surface area contributed by atoms with Crippen molar-refractivity contribution in [2.75, 3.05) is 20.2 Å². The van der Waals surface area contributed by atoms with Crippen LogP contribution in [0.2, 0.25) is 0 Å². The molecular formula is C14H28N2O2. The second-order valence-corrected chi connectivity index (χ2v) is 5.70. The lowest BCUT2D eigenvalue weighted by atomic mass is 9.80. The van der Waals surface area contributed by atoms with Crippen molar-refractivity contribution < 1.29 is 9.90 Å². The molecule has 0 radical (unpaired) electrons. The van der Waals surface area contributed by atoms with Crippen molar-refractivity contribution in [3.8, 4) is 0 Å². The molecule has 1 aliphatic rings. The molecule has 0 aromatic carbocycles. The quantitative estimate of drug-likeness (QED) is 0.681. The van der Waals surface area contributed by atoms with Crippen molar-refractivity contribution in [2.45, 2.75) is 63.3 Å². The smallest absolute Gasteiger partial charge is 0.224 e. The minimum Gasteiger partial charge on any atom is -0.396 e. The highest BCUT2D eigenvalue weighted by molar-refractivity contribution is 5.77. The van der Waals surface area contributed by atoms with Crippen molar-refractivity contribution in [3.63, 3.8) is 0 Å². The van der Waals surface area contributed by atoms with Crippen LogP contribution in [0.3, 0.4) is 0 Å². The molecule has 106 valence electrons. The average Bonchev–Trinajstić information content (AvgIpc) is 2.34. The predicted molar refractivity (Wildman–Crippen MR) is 73.2 cm³/mol. The summed E-state index contributed by atoms with van der Waals surface area (Å²) >= 11 is 0. The zero-order valence-corrected chi connectivity index (χ0v) is 11.7. The summed E-state index contributed by atoms with van der Waals surface area (Å²) in [6.07, 6.45) is 8.78. The standard InChI is InChI=1S/C14H28N2O2/c1-16(10-6-3-7-11-17)13(18)12-14(15)8-4-2-5-9-14/h17H,2-12,15H2,1H3. The maximum absolute atomic E-state index is 12.1. The van der Waals surface area contributed by atoms with Crippen LogP contribution in [0.4, 0.5) is 0 Å². The molecule has 1 amide bonds. The van der Waals surface area contributed by atoms with E-state index >= 15 is 0 Å². The minimum atomic E-state index is -0.255. The van der Waals surface area contributed by atoms with Crippen LogP contribution in [-0.2, 0) is 4.79 Å². The lowest BCUT2D eigenvalue weighted by Gasteiger charge is -2.34. The normalized spacial score (nSPS) is 18.6. The van der Waals surface area contributed by atoms with Gasteiger partial charge in [-0.3, -0.25) is 4.79 Å². The van der Waals surface area contributed by atoms with Crippen LogP contribution in [0.1, 0.15) is 57.8 Å². The van der Waals surface area contributed by atoms with E-state index in [4.69, 9.17) is 10.8 Å². The second-order valence-electron chi connectivity index (χ2n) is 5.70. The third-order valence-electron chi connectivity index (χ3n) is 3.93. The lowest BCUT2D eigenvalue weighted by molar-refractivity contribution is -0.131. The molecule has 0 heterocycles. The van der Waals surface area contributed by atoms with Crippen LogP contribution >= 0.6 is 0 Å². The Morgan fingerprint density at radius 1 is 1.22 bits per heavy atom. The minimum absolute atomic E-state index is 0.170. The highest BCUT2D eigenvalue weighted by atomic mass is 16.2. The fraction of sp³-hybridized carbons (Fsp3) is 0.929. The second kappa shape index (κ2) is 7.74. The Hall–Kier alpha value is -0.610. The molecule has 1 saturated carbocycles. The van der Waals surface area contributed by atoms with Gasteiger partial charge in [-0.1, -0.05) is 19.3 Å². The zero-order valence-electron chi connectivity index (χ0n) is 11.7. The first-order valence-corrected chi connectivity index (χ1v) is 7.21.